The molecule has 1 aromatic rings. The lowest BCUT2D eigenvalue weighted by atomic mass is 10.0. The average Bonchev–Trinajstić information content (AvgIpc) is 2.47. The standard InChI is InChI=1S/C10H10ClNO2/c11-8-4-3-6-1-2-7(5-9(13)14)10(6)12-8/h3-4,7H,1-2,5H2,(H,13,14). The van der Waals surface area contributed by atoms with Gasteiger partial charge in [0.15, 0.2) is 0 Å². The summed E-state index contributed by atoms with van der Waals surface area (Å²) in [6, 6.07) is 3.69. The fourth-order valence-corrected chi connectivity index (χ4v) is 2.07. The molecular formula is C10H10ClNO2. The molecule has 1 N–H and O–H groups in total. The van der Waals surface area contributed by atoms with E-state index in [1.165, 1.54) is 0 Å². The second-order valence-corrected chi connectivity index (χ2v) is 3.90. The van der Waals surface area contributed by atoms with E-state index in [4.69, 9.17) is 16.7 Å². The molecule has 1 aliphatic carbocycles. The summed E-state index contributed by atoms with van der Waals surface area (Å²) in [4.78, 5) is 14.8. The Morgan fingerprint density at radius 3 is 3.14 bits per heavy atom. The number of carbonyl (C=O) groups is 1. The molecule has 1 unspecified atom stereocenters. The maximum atomic E-state index is 10.6. The zero-order valence-corrected chi connectivity index (χ0v) is 8.29. The van der Waals surface area contributed by atoms with Crippen LogP contribution in [0.15, 0.2) is 12.1 Å². The number of carboxylic acid groups (broad SMARTS) is 1. The van der Waals surface area contributed by atoms with Crippen molar-refractivity contribution in [2.45, 2.75) is 25.2 Å². The molecule has 0 bridgehead atoms. The number of hydrogen-bond acceptors (Lipinski definition) is 2. The van der Waals surface area contributed by atoms with Crippen molar-refractivity contribution in [2.24, 2.45) is 0 Å². The van der Waals surface area contributed by atoms with Crippen molar-refractivity contribution in [3.8, 4) is 0 Å². The van der Waals surface area contributed by atoms with Gasteiger partial charge in [0, 0.05) is 11.6 Å². The van der Waals surface area contributed by atoms with Crippen molar-refractivity contribution in [2.75, 3.05) is 0 Å². The highest BCUT2D eigenvalue weighted by molar-refractivity contribution is 6.29. The van der Waals surface area contributed by atoms with Crippen LogP contribution in [0.2, 0.25) is 5.15 Å². The van der Waals surface area contributed by atoms with Crippen LogP contribution in [0.1, 0.15) is 30.0 Å². The second kappa shape index (κ2) is 3.58. The molecule has 0 radical (unpaired) electrons. The smallest absolute Gasteiger partial charge is 0.304 e. The number of nitrogens with zero attached hydrogens (tertiary/aromatic N) is 1. The SMILES string of the molecule is O=C(O)CC1CCc2ccc(Cl)nc21. The minimum Gasteiger partial charge on any atom is -0.481 e. The van der Waals surface area contributed by atoms with Crippen LogP contribution in [0.5, 0.6) is 0 Å². The monoisotopic (exact) mass is 211 g/mol. The predicted molar refractivity (Wildman–Crippen MR) is 52.6 cm³/mol. The third-order valence-electron chi connectivity index (χ3n) is 2.55. The van der Waals surface area contributed by atoms with Gasteiger partial charge in [-0.1, -0.05) is 17.7 Å². The van der Waals surface area contributed by atoms with Gasteiger partial charge in [-0.2, -0.15) is 0 Å². The number of aryl methyl sites for hydroxylation is 1. The van der Waals surface area contributed by atoms with Crippen LogP contribution in [0.3, 0.4) is 0 Å². The summed E-state index contributed by atoms with van der Waals surface area (Å²) in [5.74, 6) is -0.731. The highest BCUT2D eigenvalue weighted by Gasteiger charge is 2.26. The number of aliphatic carboxylic acids is 1. The molecule has 0 saturated heterocycles. The minimum atomic E-state index is -0.773. The molecule has 0 aromatic carbocycles. The summed E-state index contributed by atoms with van der Waals surface area (Å²) < 4.78 is 0. The zero-order chi connectivity index (χ0) is 10.1. The number of hydrogen-bond donors (Lipinski definition) is 1. The summed E-state index contributed by atoms with van der Waals surface area (Å²) in [5.41, 5.74) is 2.01. The van der Waals surface area contributed by atoms with E-state index in [0.717, 1.165) is 24.1 Å². The zero-order valence-electron chi connectivity index (χ0n) is 7.53. The second-order valence-electron chi connectivity index (χ2n) is 3.51. The summed E-state index contributed by atoms with van der Waals surface area (Å²) >= 11 is 5.77. The molecule has 1 aliphatic rings. The highest BCUT2D eigenvalue weighted by atomic mass is 35.5. The van der Waals surface area contributed by atoms with Gasteiger partial charge in [-0.25, -0.2) is 4.98 Å². The number of aromatic nitrogens is 1. The molecular weight excluding hydrogens is 202 g/mol. The lowest BCUT2D eigenvalue weighted by Crippen LogP contribution is -2.04. The Labute approximate surface area is 86.7 Å². The molecule has 4 heteroatoms. The van der Waals surface area contributed by atoms with Gasteiger partial charge in [-0.3, -0.25) is 4.79 Å². The van der Waals surface area contributed by atoms with E-state index in [2.05, 4.69) is 4.98 Å². The van der Waals surface area contributed by atoms with Crippen molar-refractivity contribution in [3.05, 3.63) is 28.5 Å². The maximum absolute atomic E-state index is 10.6. The summed E-state index contributed by atoms with van der Waals surface area (Å²) in [5, 5.41) is 9.15. The quantitative estimate of drug-likeness (QED) is 0.764. The Balaban J connectivity index is 2.28. The van der Waals surface area contributed by atoms with Crippen molar-refractivity contribution >= 4 is 17.6 Å². The van der Waals surface area contributed by atoms with E-state index in [0.29, 0.717) is 5.15 Å². The number of halogens is 1. The largest absolute Gasteiger partial charge is 0.481 e. The summed E-state index contributed by atoms with van der Waals surface area (Å²) in [7, 11) is 0. The van der Waals surface area contributed by atoms with Crippen molar-refractivity contribution in [3.63, 3.8) is 0 Å². The van der Waals surface area contributed by atoms with Crippen molar-refractivity contribution in [1.29, 1.82) is 0 Å². The van der Waals surface area contributed by atoms with Gasteiger partial charge >= 0.3 is 5.97 Å². The number of carboxylic acids is 1. The number of pyridine rings is 1. The van der Waals surface area contributed by atoms with Gasteiger partial charge in [0.05, 0.1) is 6.42 Å². The number of fused-ring (bicyclic) bond motifs is 1. The molecule has 0 spiro atoms. The lowest BCUT2D eigenvalue weighted by molar-refractivity contribution is -0.137. The third kappa shape index (κ3) is 1.73. The first-order valence-electron chi connectivity index (χ1n) is 4.54. The van der Waals surface area contributed by atoms with Crippen LogP contribution < -0.4 is 0 Å². The fraction of sp³-hybridized carbons (Fsp3) is 0.400. The first kappa shape index (κ1) is 9.46. The first-order valence-corrected chi connectivity index (χ1v) is 4.91. The first-order chi connectivity index (χ1) is 6.66. The van der Waals surface area contributed by atoms with E-state index in [-0.39, 0.29) is 12.3 Å². The average molecular weight is 212 g/mol. The van der Waals surface area contributed by atoms with Crippen molar-refractivity contribution in [1.82, 2.24) is 4.98 Å². The van der Waals surface area contributed by atoms with Gasteiger partial charge in [0.2, 0.25) is 0 Å². The Morgan fingerprint density at radius 2 is 2.43 bits per heavy atom. The van der Waals surface area contributed by atoms with E-state index < -0.39 is 5.97 Å². The molecule has 0 saturated carbocycles. The third-order valence-corrected chi connectivity index (χ3v) is 2.76. The number of rotatable bonds is 2. The van der Waals surface area contributed by atoms with Gasteiger partial charge in [0.25, 0.3) is 0 Å². The van der Waals surface area contributed by atoms with E-state index >= 15 is 0 Å². The molecule has 3 nitrogen and oxygen atoms in total. The Bertz CT molecular complexity index is 378. The van der Waals surface area contributed by atoms with Crippen LogP contribution in [0.4, 0.5) is 0 Å². The highest BCUT2D eigenvalue weighted by Crippen LogP contribution is 2.34. The summed E-state index contributed by atoms with van der Waals surface area (Å²) in [6.07, 6.45) is 1.94. The van der Waals surface area contributed by atoms with Gasteiger partial charge in [-0.15, -0.1) is 0 Å². The Hall–Kier alpha value is -1.09. The molecule has 1 atom stereocenters. The molecule has 1 aromatic heterocycles. The molecule has 74 valence electrons. The predicted octanol–water partition coefficient (Wildman–Crippen LogP) is 2.24. The lowest BCUT2D eigenvalue weighted by Gasteiger charge is -2.06. The van der Waals surface area contributed by atoms with Crippen LogP contribution in [0, 0.1) is 0 Å². The van der Waals surface area contributed by atoms with Gasteiger partial charge in [0.1, 0.15) is 5.15 Å². The van der Waals surface area contributed by atoms with Gasteiger partial charge in [-0.05, 0) is 24.5 Å². The molecule has 0 fully saturated rings. The van der Waals surface area contributed by atoms with Crippen LogP contribution in [-0.2, 0) is 11.2 Å². The normalized spacial score (nSPS) is 19.4. The Kier molecular flexibility index (Phi) is 2.42. The molecule has 0 amide bonds. The molecule has 2 rings (SSSR count). The van der Waals surface area contributed by atoms with Gasteiger partial charge < -0.3 is 5.11 Å². The molecule has 0 aliphatic heterocycles. The van der Waals surface area contributed by atoms with Crippen LogP contribution >= 0.6 is 11.6 Å². The Morgan fingerprint density at radius 1 is 1.64 bits per heavy atom. The molecule has 14 heavy (non-hydrogen) atoms. The minimum absolute atomic E-state index is 0.0428. The maximum Gasteiger partial charge on any atom is 0.304 e. The van der Waals surface area contributed by atoms with Crippen molar-refractivity contribution < 1.29 is 9.90 Å². The fourth-order valence-electron chi connectivity index (χ4n) is 1.92. The van der Waals surface area contributed by atoms with Crippen LogP contribution in [0.25, 0.3) is 0 Å². The summed E-state index contributed by atoms with van der Waals surface area (Å²) in [6.45, 7) is 0. The van der Waals surface area contributed by atoms with Crippen LogP contribution in [-0.4, -0.2) is 16.1 Å². The topological polar surface area (TPSA) is 50.2 Å². The van der Waals surface area contributed by atoms with E-state index in [1.807, 2.05) is 6.07 Å². The van der Waals surface area contributed by atoms with E-state index in [1.54, 1.807) is 6.07 Å². The molecule has 1 heterocycles. The van der Waals surface area contributed by atoms with E-state index in [9.17, 15) is 4.79 Å².